The van der Waals surface area contributed by atoms with Crippen molar-refractivity contribution in [1.29, 1.82) is 0 Å². The van der Waals surface area contributed by atoms with E-state index in [1.165, 1.54) is 12.1 Å². The fourth-order valence-corrected chi connectivity index (χ4v) is 1.60. The third kappa shape index (κ3) is 3.31. The summed E-state index contributed by atoms with van der Waals surface area (Å²) in [6.07, 6.45) is 0.440. The lowest BCUT2D eigenvalue weighted by atomic mass is 9.96. The molecule has 2 unspecified atom stereocenters. The highest BCUT2D eigenvalue weighted by Crippen LogP contribution is 2.21. The van der Waals surface area contributed by atoms with Gasteiger partial charge in [0.1, 0.15) is 5.82 Å². The summed E-state index contributed by atoms with van der Waals surface area (Å²) in [6, 6.07) is 6.08. The van der Waals surface area contributed by atoms with Crippen molar-refractivity contribution in [2.75, 3.05) is 7.05 Å². The Balaban J connectivity index is 2.78. The van der Waals surface area contributed by atoms with Crippen LogP contribution in [0.3, 0.4) is 0 Å². The van der Waals surface area contributed by atoms with Crippen molar-refractivity contribution in [3.05, 3.63) is 35.6 Å². The van der Waals surface area contributed by atoms with Crippen molar-refractivity contribution in [1.82, 2.24) is 5.32 Å². The smallest absolute Gasteiger partial charge is 0.306 e. The summed E-state index contributed by atoms with van der Waals surface area (Å²) in [5, 5.41) is 11.8. The van der Waals surface area contributed by atoms with Gasteiger partial charge in [-0.3, -0.25) is 4.79 Å². The number of benzene rings is 1. The summed E-state index contributed by atoms with van der Waals surface area (Å²) in [4.78, 5) is 10.7. The van der Waals surface area contributed by atoms with Gasteiger partial charge in [-0.1, -0.05) is 19.1 Å². The molecule has 0 spiro atoms. The fourth-order valence-electron chi connectivity index (χ4n) is 1.60. The van der Waals surface area contributed by atoms with Gasteiger partial charge < -0.3 is 10.4 Å². The van der Waals surface area contributed by atoms with Crippen molar-refractivity contribution < 1.29 is 14.3 Å². The molecule has 3 nitrogen and oxygen atoms in total. The third-order valence-electron chi connectivity index (χ3n) is 2.61. The SMILES string of the molecule is CNC(CC(C)C(=O)O)c1cccc(F)c1. The Labute approximate surface area is 94.3 Å². The number of carbonyl (C=O) groups is 1. The van der Waals surface area contributed by atoms with Gasteiger partial charge in [0, 0.05) is 6.04 Å². The molecule has 0 aliphatic rings. The van der Waals surface area contributed by atoms with Crippen LogP contribution in [0.15, 0.2) is 24.3 Å². The molecule has 0 bridgehead atoms. The second-order valence-corrected chi connectivity index (χ2v) is 3.87. The first-order valence-corrected chi connectivity index (χ1v) is 5.20. The Morgan fingerprint density at radius 3 is 2.75 bits per heavy atom. The Hall–Kier alpha value is -1.42. The second-order valence-electron chi connectivity index (χ2n) is 3.87. The average molecular weight is 225 g/mol. The van der Waals surface area contributed by atoms with E-state index < -0.39 is 11.9 Å². The van der Waals surface area contributed by atoms with E-state index in [-0.39, 0.29) is 11.9 Å². The van der Waals surface area contributed by atoms with Crippen molar-refractivity contribution in [2.24, 2.45) is 5.92 Å². The Bertz CT molecular complexity index is 368. The monoisotopic (exact) mass is 225 g/mol. The first kappa shape index (κ1) is 12.6. The van der Waals surface area contributed by atoms with Crippen LogP contribution in [0.1, 0.15) is 24.9 Å². The Morgan fingerprint density at radius 2 is 2.25 bits per heavy atom. The van der Waals surface area contributed by atoms with Crippen LogP contribution in [0.4, 0.5) is 4.39 Å². The molecule has 88 valence electrons. The van der Waals surface area contributed by atoms with Crippen LogP contribution < -0.4 is 5.32 Å². The molecule has 2 atom stereocenters. The molecule has 0 amide bonds. The highest BCUT2D eigenvalue weighted by atomic mass is 19.1. The minimum Gasteiger partial charge on any atom is -0.481 e. The zero-order chi connectivity index (χ0) is 12.1. The number of nitrogens with one attached hydrogen (secondary N) is 1. The lowest BCUT2D eigenvalue weighted by molar-refractivity contribution is -0.141. The van der Waals surface area contributed by atoms with Crippen LogP contribution in [0, 0.1) is 11.7 Å². The maximum atomic E-state index is 13.0. The molecule has 16 heavy (non-hydrogen) atoms. The van der Waals surface area contributed by atoms with Gasteiger partial charge in [-0.2, -0.15) is 0 Å². The van der Waals surface area contributed by atoms with Crippen LogP contribution in [-0.2, 0) is 4.79 Å². The summed E-state index contributed by atoms with van der Waals surface area (Å²) in [5.41, 5.74) is 0.774. The number of aliphatic carboxylic acids is 1. The average Bonchev–Trinajstić information content (AvgIpc) is 2.25. The number of hydrogen-bond acceptors (Lipinski definition) is 2. The van der Waals surface area contributed by atoms with E-state index in [0.29, 0.717) is 6.42 Å². The largest absolute Gasteiger partial charge is 0.481 e. The molecule has 0 heterocycles. The minimum absolute atomic E-state index is 0.137. The summed E-state index contributed by atoms with van der Waals surface area (Å²) >= 11 is 0. The van der Waals surface area contributed by atoms with E-state index >= 15 is 0 Å². The molecule has 1 aromatic rings. The fraction of sp³-hybridized carbons (Fsp3) is 0.417. The van der Waals surface area contributed by atoms with Gasteiger partial charge >= 0.3 is 5.97 Å². The standard InChI is InChI=1S/C12H16FNO2/c1-8(12(15)16)6-11(14-2)9-4-3-5-10(13)7-9/h3-5,7-8,11,14H,6H2,1-2H3,(H,15,16). The van der Waals surface area contributed by atoms with E-state index in [4.69, 9.17) is 5.11 Å². The predicted octanol–water partition coefficient (Wildman–Crippen LogP) is 2.20. The van der Waals surface area contributed by atoms with E-state index in [9.17, 15) is 9.18 Å². The van der Waals surface area contributed by atoms with Gasteiger partial charge in [0.2, 0.25) is 0 Å². The third-order valence-corrected chi connectivity index (χ3v) is 2.61. The predicted molar refractivity (Wildman–Crippen MR) is 59.6 cm³/mol. The second kappa shape index (κ2) is 5.61. The van der Waals surface area contributed by atoms with Crippen LogP contribution in [0.25, 0.3) is 0 Å². The van der Waals surface area contributed by atoms with Gasteiger partial charge in [0.05, 0.1) is 5.92 Å². The van der Waals surface area contributed by atoms with Gasteiger partial charge in [0.15, 0.2) is 0 Å². The molecule has 2 N–H and O–H groups in total. The molecule has 0 saturated heterocycles. The van der Waals surface area contributed by atoms with E-state index in [2.05, 4.69) is 5.32 Å². The minimum atomic E-state index is -0.836. The normalized spacial score (nSPS) is 14.4. The summed E-state index contributed by atoms with van der Waals surface area (Å²) in [5.74, 6) is -1.60. The molecule has 0 aromatic heterocycles. The molecule has 4 heteroatoms. The molecule has 1 rings (SSSR count). The van der Waals surface area contributed by atoms with Gasteiger partial charge in [-0.15, -0.1) is 0 Å². The molecule has 1 aromatic carbocycles. The Morgan fingerprint density at radius 1 is 1.56 bits per heavy atom. The lowest BCUT2D eigenvalue weighted by Crippen LogP contribution is -2.22. The molecular formula is C12H16FNO2. The van der Waals surface area contributed by atoms with Crippen LogP contribution in [-0.4, -0.2) is 18.1 Å². The van der Waals surface area contributed by atoms with E-state index in [1.807, 2.05) is 0 Å². The molecule has 0 saturated carbocycles. The lowest BCUT2D eigenvalue weighted by Gasteiger charge is -2.18. The van der Waals surface area contributed by atoms with E-state index in [1.54, 1.807) is 26.1 Å². The summed E-state index contributed by atoms with van der Waals surface area (Å²) in [7, 11) is 1.74. The highest BCUT2D eigenvalue weighted by molar-refractivity contribution is 5.69. The molecule has 0 aliphatic heterocycles. The zero-order valence-corrected chi connectivity index (χ0v) is 9.40. The van der Waals surface area contributed by atoms with Crippen LogP contribution >= 0.6 is 0 Å². The van der Waals surface area contributed by atoms with E-state index in [0.717, 1.165) is 5.56 Å². The number of rotatable bonds is 5. The van der Waals surface area contributed by atoms with Crippen LogP contribution in [0.2, 0.25) is 0 Å². The molecule has 0 aliphatic carbocycles. The molecular weight excluding hydrogens is 209 g/mol. The number of carboxylic acids is 1. The topological polar surface area (TPSA) is 49.3 Å². The zero-order valence-electron chi connectivity index (χ0n) is 9.40. The first-order chi connectivity index (χ1) is 7.54. The highest BCUT2D eigenvalue weighted by Gasteiger charge is 2.18. The number of hydrogen-bond donors (Lipinski definition) is 2. The quantitative estimate of drug-likeness (QED) is 0.807. The maximum Gasteiger partial charge on any atom is 0.306 e. The maximum absolute atomic E-state index is 13.0. The molecule has 0 fully saturated rings. The number of halogens is 1. The van der Waals surface area contributed by atoms with Crippen molar-refractivity contribution in [3.8, 4) is 0 Å². The number of carboxylic acid groups (broad SMARTS) is 1. The summed E-state index contributed by atoms with van der Waals surface area (Å²) < 4.78 is 13.0. The van der Waals surface area contributed by atoms with Gasteiger partial charge in [-0.05, 0) is 31.2 Å². The van der Waals surface area contributed by atoms with Crippen molar-refractivity contribution >= 4 is 5.97 Å². The summed E-state index contributed by atoms with van der Waals surface area (Å²) in [6.45, 7) is 1.64. The van der Waals surface area contributed by atoms with Gasteiger partial charge in [-0.25, -0.2) is 4.39 Å². The van der Waals surface area contributed by atoms with Crippen molar-refractivity contribution in [2.45, 2.75) is 19.4 Å². The van der Waals surface area contributed by atoms with Crippen LogP contribution in [0.5, 0.6) is 0 Å². The van der Waals surface area contributed by atoms with Crippen molar-refractivity contribution in [3.63, 3.8) is 0 Å². The Kier molecular flexibility index (Phi) is 4.43. The van der Waals surface area contributed by atoms with Gasteiger partial charge in [0.25, 0.3) is 0 Å². The molecule has 0 radical (unpaired) electrons. The first-order valence-electron chi connectivity index (χ1n) is 5.20.